The lowest BCUT2D eigenvalue weighted by atomic mass is 9.84. The third kappa shape index (κ3) is 2.75. The van der Waals surface area contributed by atoms with E-state index >= 15 is 0 Å². The number of aryl methyl sites for hydroxylation is 1. The number of rotatable bonds is 1. The normalized spacial score (nSPS) is 18.0. The highest BCUT2D eigenvalue weighted by molar-refractivity contribution is 5.59. The van der Waals surface area contributed by atoms with Crippen molar-refractivity contribution in [2.75, 3.05) is 11.9 Å². The average molecular weight is 291 g/mol. The van der Waals surface area contributed by atoms with Gasteiger partial charge in [0.15, 0.2) is 0 Å². The van der Waals surface area contributed by atoms with E-state index in [0.29, 0.717) is 0 Å². The van der Waals surface area contributed by atoms with Crippen molar-refractivity contribution in [2.45, 2.75) is 25.4 Å². The van der Waals surface area contributed by atoms with Crippen molar-refractivity contribution in [3.05, 3.63) is 64.7 Å². The predicted octanol–water partition coefficient (Wildman–Crippen LogP) is 4.96. The summed E-state index contributed by atoms with van der Waals surface area (Å²) in [6.07, 6.45) is -3.50. The van der Waals surface area contributed by atoms with Gasteiger partial charge in [0.1, 0.15) is 0 Å². The van der Waals surface area contributed by atoms with Gasteiger partial charge in [-0.1, -0.05) is 29.8 Å². The van der Waals surface area contributed by atoms with Crippen LogP contribution in [0.1, 0.15) is 34.6 Å². The van der Waals surface area contributed by atoms with Crippen LogP contribution in [-0.4, -0.2) is 6.54 Å². The number of alkyl halides is 3. The van der Waals surface area contributed by atoms with E-state index in [1.807, 2.05) is 25.1 Å². The predicted molar refractivity (Wildman–Crippen MR) is 77.6 cm³/mol. The molecule has 0 fully saturated rings. The first-order valence-electron chi connectivity index (χ1n) is 6.97. The molecule has 1 N–H and O–H groups in total. The van der Waals surface area contributed by atoms with Crippen molar-refractivity contribution in [3.63, 3.8) is 0 Å². The van der Waals surface area contributed by atoms with E-state index in [4.69, 9.17) is 0 Å². The monoisotopic (exact) mass is 291 g/mol. The standard InChI is InChI=1S/C17H16F3N/c1-11-3-2-4-12(9-11)14-7-8-21-16-6-5-13(10-15(14)16)17(18,19)20/h2-6,9-10,14,21H,7-8H2,1H3. The minimum Gasteiger partial charge on any atom is -0.385 e. The van der Waals surface area contributed by atoms with E-state index in [-0.39, 0.29) is 5.92 Å². The fourth-order valence-corrected chi connectivity index (χ4v) is 2.93. The van der Waals surface area contributed by atoms with Crippen LogP contribution in [0.15, 0.2) is 42.5 Å². The van der Waals surface area contributed by atoms with Gasteiger partial charge in [-0.05, 0) is 42.7 Å². The minimum atomic E-state index is -4.30. The van der Waals surface area contributed by atoms with Crippen LogP contribution in [0, 0.1) is 6.92 Å². The number of anilines is 1. The Morgan fingerprint density at radius 3 is 2.62 bits per heavy atom. The Bertz CT molecular complexity index is 661. The van der Waals surface area contributed by atoms with Gasteiger partial charge in [0.05, 0.1) is 5.56 Å². The Morgan fingerprint density at radius 1 is 1.10 bits per heavy atom. The molecule has 3 rings (SSSR count). The molecule has 21 heavy (non-hydrogen) atoms. The van der Waals surface area contributed by atoms with Gasteiger partial charge >= 0.3 is 6.18 Å². The zero-order chi connectivity index (χ0) is 15.0. The molecule has 2 aromatic rings. The molecule has 0 spiro atoms. The van der Waals surface area contributed by atoms with Crippen LogP contribution in [0.3, 0.4) is 0 Å². The first kappa shape index (κ1) is 14.0. The van der Waals surface area contributed by atoms with E-state index in [1.54, 1.807) is 6.07 Å². The second kappa shape index (κ2) is 5.10. The molecule has 0 amide bonds. The maximum atomic E-state index is 12.9. The summed E-state index contributed by atoms with van der Waals surface area (Å²) in [5.41, 5.74) is 3.17. The number of hydrogen-bond donors (Lipinski definition) is 1. The van der Waals surface area contributed by atoms with Crippen molar-refractivity contribution < 1.29 is 13.2 Å². The molecule has 110 valence electrons. The largest absolute Gasteiger partial charge is 0.416 e. The van der Waals surface area contributed by atoms with Gasteiger partial charge < -0.3 is 5.32 Å². The van der Waals surface area contributed by atoms with Gasteiger partial charge in [0, 0.05) is 18.2 Å². The molecule has 1 heterocycles. The van der Waals surface area contributed by atoms with Crippen molar-refractivity contribution in [1.82, 2.24) is 0 Å². The molecule has 1 aliphatic rings. The van der Waals surface area contributed by atoms with E-state index < -0.39 is 11.7 Å². The summed E-state index contributed by atoms with van der Waals surface area (Å²) >= 11 is 0. The average Bonchev–Trinajstić information content (AvgIpc) is 2.45. The van der Waals surface area contributed by atoms with Crippen LogP contribution >= 0.6 is 0 Å². The molecule has 1 atom stereocenters. The number of benzene rings is 2. The zero-order valence-corrected chi connectivity index (χ0v) is 11.7. The first-order chi connectivity index (χ1) is 9.95. The van der Waals surface area contributed by atoms with Crippen molar-refractivity contribution in [3.8, 4) is 0 Å². The van der Waals surface area contributed by atoms with Crippen LogP contribution in [-0.2, 0) is 6.18 Å². The van der Waals surface area contributed by atoms with E-state index in [1.165, 1.54) is 6.07 Å². The molecule has 1 unspecified atom stereocenters. The van der Waals surface area contributed by atoms with Gasteiger partial charge in [-0.15, -0.1) is 0 Å². The molecule has 0 radical (unpaired) electrons. The van der Waals surface area contributed by atoms with Gasteiger partial charge in [-0.25, -0.2) is 0 Å². The number of halogens is 3. The molecule has 0 saturated heterocycles. The highest BCUT2D eigenvalue weighted by atomic mass is 19.4. The van der Waals surface area contributed by atoms with E-state index in [2.05, 4.69) is 11.4 Å². The number of hydrogen-bond acceptors (Lipinski definition) is 1. The fraction of sp³-hybridized carbons (Fsp3) is 0.294. The summed E-state index contributed by atoms with van der Waals surface area (Å²) in [5.74, 6) is 0.0171. The Balaban J connectivity index is 2.08. The maximum absolute atomic E-state index is 12.9. The van der Waals surface area contributed by atoms with Crippen LogP contribution in [0.4, 0.5) is 18.9 Å². The minimum absolute atomic E-state index is 0.0171. The van der Waals surface area contributed by atoms with Crippen LogP contribution in [0.5, 0.6) is 0 Å². The molecule has 4 heteroatoms. The lowest BCUT2D eigenvalue weighted by Crippen LogP contribution is -2.19. The number of nitrogens with one attached hydrogen (secondary N) is 1. The second-order valence-electron chi connectivity index (χ2n) is 5.48. The van der Waals surface area contributed by atoms with Crippen molar-refractivity contribution >= 4 is 5.69 Å². The second-order valence-corrected chi connectivity index (χ2v) is 5.48. The van der Waals surface area contributed by atoms with Gasteiger partial charge in [0.25, 0.3) is 0 Å². The van der Waals surface area contributed by atoms with Crippen LogP contribution in [0.25, 0.3) is 0 Å². The lowest BCUT2D eigenvalue weighted by molar-refractivity contribution is -0.137. The summed E-state index contributed by atoms with van der Waals surface area (Å²) in [4.78, 5) is 0. The summed E-state index contributed by atoms with van der Waals surface area (Å²) in [6.45, 7) is 2.77. The van der Waals surface area contributed by atoms with Crippen LogP contribution < -0.4 is 5.32 Å². The maximum Gasteiger partial charge on any atom is 0.416 e. The molecule has 0 aromatic heterocycles. The lowest BCUT2D eigenvalue weighted by Gasteiger charge is -2.28. The fourth-order valence-electron chi connectivity index (χ4n) is 2.93. The Labute approximate surface area is 121 Å². The highest BCUT2D eigenvalue weighted by Gasteiger charge is 2.32. The third-order valence-electron chi connectivity index (χ3n) is 3.95. The summed E-state index contributed by atoms with van der Waals surface area (Å²) < 4.78 is 38.8. The Morgan fingerprint density at radius 2 is 1.90 bits per heavy atom. The molecule has 1 aliphatic heterocycles. The first-order valence-corrected chi connectivity index (χ1v) is 6.97. The van der Waals surface area contributed by atoms with Crippen LogP contribution in [0.2, 0.25) is 0 Å². The topological polar surface area (TPSA) is 12.0 Å². The zero-order valence-electron chi connectivity index (χ0n) is 11.7. The van der Waals surface area contributed by atoms with Gasteiger partial charge in [-0.3, -0.25) is 0 Å². The molecule has 0 aliphatic carbocycles. The van der Waals surface area contributed by atoms with E-state index in [9.17, 15) is 13.2 Å². The van der Waals surface area contributed by atoms with Gasteiger partial charge in [0.2, 0.25) is 0 Å². The quantitative estimate of drug-likeness (QED) is 0.783. The molecule has 1 nitrogen and oxygen atoms in total. The summed E-state index contributed by atoms with van der Waals surface area (Å²) in [7, 11) is 0. The van der Waals surface area contributed by atoms with Gasteiger partial charge in [-0.2, -0.15) is 13.2 Å². The van der Waals surface area contributed by atoms with Crippen molar-refractivity contribution in [2.24, 2.45) is 0 Å². The smallest absolute Gasteiger partial charge is 0.385 e. The summed E-state index contributed by atoms with van der Waals surface area (Å²) in [6, 6.07) is 12.0. The molecular weight excluding hydrogens is 275 g/mol. The molecule has 2 aromatic carbocycles. The third-order valence-corrected chi connectivity index (χ3v) is 3.95. The summed E-state index contributed by atoms with van der Waals surface area (Å²) in [5, 5.41) is 3.19. The molecular formula is C17H16F3N. The molecule has 0 bridgehead atoms. The molecule has 0 saturated carbocycles. The Hall–Kier alpha value is -1.97. The Kier molecular flexibility index (Phi) is 3.40. The highest BCUT2D eigenvalue weighted by Crippen LogP contribution is 2.40. The SMILES string of the molecule is Cc1cccc(C2CCNc3ccc(C(F)(F)F)cc32)c1. The van der Waals surface area contributed by atoms with Crippen molar-refractivity contribution in [1.29, 1.82) is 0 Å². The van der Waals surface area contributed by atoms with E-state index in [0.717, 1.165) is 41.4 Å². The number of fused-ring (bicyclic) bond motifs is 1.